The van der Waals surface area contributed by atoms with Gasteiger partial charge in [0.05, 0.1) is 29.7 Å². The third-order valence-corrected chi connectivity index (χ3v) is 4.14. The Balaban J connectivity index is 1.97. The van der Waals surface area contributed by atoms with Crippen molar-refractivity contribution in [3.05, 3.63) is 36.0 Å². The summed E-state index contributed by atoms with van der Waals surface area (Å²) in [5.41, 5.74) is 1.28. The molecule has 0 aliphatic rings. The van der Waals surface area contributed by atoms with Crippen molar-refractivity contribution in [3.8, 4) is 11.8 Å². The minimum Gasteiger partial charge on any atom is -0.369 e. The van der Waals surface area contributed by atoms with Crippen molar-refractivity contribution in [1.29, 1.82) is 0 Å². The van der Waals surface area contributed by atoms with Crippen LogP contribution in [-0.4, -0.2) is 47.0 Å². The minimum absolute atomic E-state index is 0.0237. The quantitative estimate of drug-likeness (QED) is 0.269. The van der Waals surface area contributed by atoms with Gasteiger partial charge in [-0.15, -0.1) is 0 Å². The van der Waals surface area contributed by atoms with Gasteiger partial charge in [0.1, 0.15) is 5.82 Å². The molecule has 0 aliphatic heterocycles. The van der Waals surface area contributed by atoms with Crippen LogP contribution in [-0.2, 0) is 4.79 Å². The fourth-order valence-electron chi connectivity index (χ4n) is 2.32. The maximum atomic E-state index is 13.0. The summed E-state index contributed by atoms with van der Waals surface area (Å²) in [6.45, 7) is 5.20. The van der Waals surface area contributed by atoms with Crippen molar-refractivity contribution in [2.75, 3.05) is 30.8 Å². The molecule has 4 N–H and O–H groups in total. The second-order valence-corrected chi connectivity index (χ2v) is 6.58. The Bertz CT molecular complexity index is 877. The summed E-state index contributed by atoms with van der Waals surface area (Å²) in [5, 5.41) is 12.0. The fourth-order valence-corrected chi connectivity index (χ4v) is 2.32. The Labute approximate surface area is 176 Å². The van der Waals surface area contributed by atoms with Crippen molar-refractivity contribution >= 4 is 23.4 Å². The molecule has 0 aliphatic carbocycles. The van der Waals surface area contributed by atoms with Crippen LogP contribution in [0, 0.1) is 17.8 Å². The highest BCUT2D eigenvalue weighted by Gasteiger charge is 2.08. The minimum atomic E-state index is -0.548. The molecule has 0 saturated heterocycles. The number of unbranched alkanes of at least 4 members (excludes halogenated alkanes) is 1. The first-order valence-electron chi connectivity index (χ1n) is 9.96. The van der Waals surface area contributed by atoms with E-state index in [1.807, 2.05) is 6.92 Å². The summed E-state index contributed by atoms with van der Waals surface area (Å²) in [6, 6.07) is 2.62. The van der Waals surface area contributed by atoms with E-state index in [2.05, 4.69) is 55.0 Å². The van der Waals surface area contributed by atoms with Crippen LogP contribution in [0.4, 0.5) is 21.8 Å². The van der Waals surface area contributed by atoms with Crippen molar-refractivity contribution < 1.29 is 9.18 Å². The lowest BCUT2D eigenvalue weighted by molar-refractivity contribution is -0.122. The average molecular weight is 414 g/mol. The summed E-state index contributed by atoms with van der Waals surface area (Å²) in [5.74, 6) is 6.62. The van der Waals surface area contributed by atoms with Crippen LogP contribution in [0.15, 0.2) is 24.5 Å². The lowest BCUT2D eigenvalue weighted by Crippen LogP contribution is -2.40. The number of amides is 1. The van der Waals surface area contributed by atoms with Gasteiger partial charge in [0.25, 0.3) is 0 Å². The number of hydrogen-bond acceptors (Lipinski definition) is 7. The van der Waals surface area contributed by atoms with Gasteiger partial charge in [0, 0.05) is 19.5 Å². The van der Waals surface area contributed by atoms with Gasteiger partial charge in [-0.1, -0.05) is 18.8 Å². The molecular weight excluding hydrogens is 385 g/mol. The van der Waals surface area contributed by atoms with E-state index >= 15 is 0 Å². The number of anilines is 3. The predicted octanol–water partition coefficient (Wildman–Crippen LogP) is 2.43. The van der Waals surface area contributed by atoms with E-state index in [0.29, 0.717) is 36.0 Å². The molecule has 0 bridgehead atoms. The van der Waals surface area contributed by atoms with Gasteiger partial charge in [-0.25, -0.2) is 9.97 Å². The first kappa shape index (κ1) is 23.0. The molecule has 8 nitrogen and oxygen atoms in total. The Morgan fingerprint density at radius 2 is 2.07 bits per heavy atom. The first-order valence-corrected chi connectivity index (χ1v) is 9.96. The second-order valence-electron chi connectivity index (χ2n) is 6.58. The number of rotatable bonds is 10. The molecule has 2 aromatic heterocycles. The SMILES string of the molecule is CCCNc1nc(Nc2ccc(F)nc2)ncc1C#CCCCNC(=O)[C@H](C)NC. The summed E-state index contributed by atoms with van der Waals surface area (Å²) >= 11 is 0. The van der Waals surface area contributed by atoms with E-state index in [1.165, 1.54) is 12.3 Å². The number of likely N-dealkylation sites (N-methyl/N-ethyl adjacent to an activating group) is 1. The highest BCUT2D eigenvalue weighted by Crippen LogP contribution is 2.17. The second kappa shape index (κ2) is 12.3. The molecular formula is C21H28FN7O. The van der Waals surface area contributed by atoms with Crippen molar-refractivity contribution in [3.63, 3.8) is 0 Å². The van der Waals surface area contributed by atoms with Crippen molar-refractivity contribution in [2.45, 2.75) is 39.2 Å². The number of halogens is 1. The molecule has 2 rings (SSSR count). The molecule has 0 saturated carbocycles. The van der Waals surface area contributed by atoms with Gasteiger partial charge >= 0.3 is 0 Å². The number of hydrogen-bond donors (Lipinski definition) is 4. The fraction of sp³-hybridized carbons (Fsp3) is 0.429. The van der Waals surface area contributed by atoms with Crippen LogP contribution in [0.2, 0.25) is 0 Å². The van der Waals surface area contributed by atoms with Gasteiger partial charge in [0.15, 0.2) is 0 Å². The third kappa shape index (κ3) is 7.64. The van der Waals surface area contributed by atoms with E-state index < -0.39 is 5.95 Å². The number of carbonyl (C=O) groups is 1. The summed E-state index contributed by atoms with van der Waals surface area (Å²) in [6.07, 6.45) is 5.36. The molecule has 0 unspecified atom stereocenters. The largest absolute Gasteiger partial charge is 0.369 e. The van der Waals surface area contributed by atoms with E-state index in [0.717, 1.165) is 19.4 Å². The Morgan fingerprint density at radius 3 is 2.77 bits per heavy atom. The molecule has 1 atom stereocenters. The van der Waals surface area contributed by atoms with Crippen LogP contribution >= 0.6 is 0 Å². The van der Waals surface area contributed by atoms with Gasteiger partial charge in [-0.05, 0) is 38.9 Å². The monoisotopic (exact) mass is 413 g/mol. The number of pyridine rings is 1. The van der Waals surface area contributed by atoms with E-state index in [9.17, 15) is 9.18 Å². The Kier molecular flexibility index (Phi) is 9.48. The highest BCUT2D eigenvalue weighted by molar-refractivity contribution is 5.81. The molecule has 0 spiro atoms. The topological polar surface area (TPSA) is 104 Å². The van der Waals surface area contributed by atoms with Crippen molar-refractivity contribution in [1.82, 2.24) is 25.6 Å². The lowest BCUT2D eigenvalue weighted by atomic mass is 10.2. The smallest absolute Gasteiger partial charge is 0.236 e. The maximum Gasteiger partial charge on any atom is 0.236 e. The third-order valence-electron chi connectivity index (χ3n) is 4.14. The zero-order valence-electron chi connectivity index (χ0n) is 17.6. The molecule has 2 heterocycles. The average Bonchev–Trinajstić information content (AvgIpc) is 2.76. The van der Waals surface area contributed by atoms with Gasteiger partial charge in [-0.2, -0.15) is 9.37 Å². The Morgan fingerprint density at radius 1 is 1.23 bits per heavy atom. The molecule has 160 valence electrons. The first-order chi connectivity index (χ1) is 14.5. The van der Waals surface area contributed by atoms with Crippen LogP contribution in [0.1, 0.15) is 38.7 Å². The van der Waals surface area contributed by atoms with Crippen LogP contribution in [0.3, 0.4) is 0 Å². The molecule has 30 heavy (non-hydrogen) atoms. The molecule has 2 aromatic rings. The normalized spacial score (nSPS) is 11.2. The van der Waals surface area contributed by atoms with Crippen molar-refractivity contribution in [2.24, 2.45) is 0 Å². The van der Waals surface area contributed by atoms with Crippen LogP contribution in [0.25, 0.3) is 0 Å². The van der Waals surface area contributed by atoms with Gasteiger partial charge in [-0.3, -0.25) is 4.79 Å². The summed E-state index contributed by atoms with van der Waals surface area (Å²) in [7, 11) is 1.75. The van der Waals surface area contributed by atoms with Gasteiger partial charge in [0.2, 0.25) is 17.8 Å². The molecule has 0 radical (unpaired) electrons. The number of nitrogens with zero attached hydrogens (tertiary/aromatic N) is 3. The summed E-state index contributed by atoms with van der Waals surface area (Å²) in [4.78, 5) is 24.0. The number of aromatic nitrogens is 3. The molecule has 9 heteroatoms. The Hall–Kier alpha value is -3.25. The zero-order valence-corrected chi connectivity index (χ0v) is 17.6. The van der Waals surface area contributed by atoms with E-state index in [-0.39, 0.29) is 11.9 Å². The number of carbonyl (C=O) groups excluding carboxylic acids is 1. The predicted molar refractivity (Wildman–Crippen MR) is 116 cm³/mol. The standard InChI is InChI=1S/C21H28FN7O/c1-4-11-24-19-16(8-6-5-7-12-25-20(30)15(2)23-3)13-27-21(29-19)28-17-9-10-18(22)26-14-17/h9-10,13-15,23H,4-5,7,11-12H2,1-3H3,(H,25,30)(H2,24,27,28,29)/t15-/m0/s1. The molecule has 0 fully saturated rings. The van der Waals surface area contributed by atoms with Crippen LogP contribution < -0.4 is 21.3 Å². The zero-order chi connectivity index (χ0) is 21.8. The van der Waals surface area contributed by atoms with Crippen LogP contribution in [0.5, 0.6) is 0 Å². The highest BCUT2D eigenvalue weighted by atomic mass is 19.1. The number of nitrogens with one attached hydrogen (secondary N) is 4. The molecule has 0 aromatic carbocycles. The summed E-state index contributed by atoms with van der Waals surface area (Å²) < 4.78 is 13.0. The lowest BCUT2D eigenvalue weighted by Gasteiger charge is -2.10. The van der Waals surface area contributed by atoms with E-state index in [1.54, 1.807) is 19.3 Å². The van der Waals surface area contributed by atoms with E-state index in [4.69, 9.17) is 0 Å². The maximum absolute atomic E-state index is 13.0. The van der Waals surface area contributed by atoms with Gasteiger partial charge < -0.3 is 21.3 Å². The molecule has 1 amide bonds.